The number of fused-ring (bicyclic) bond motifs is 1. The molecule has 6 nitrogen and oxygen atoms in total. The lowest BCUT2D eigenvalue weighted by molar-refractivity contribution is 0.162. The predicted molar refractivity (Wildman–Crippen MR) is 89.2 cm³/mol. The number of urea groups is 1. The molecule has 0 saturated heterocycles. The van der Waals surface area contributed by atoms with Crippen LogP contribution in [0.3, 0.4) is 0 Å². The summed E-state index contributed by atoms with van der Waals surface area (Å²) in [4.78, 5) is 19.8. The van der Waals surface area contributed by atoms with Crippen LogP contribution in [-0.2, 0) is 6.54 Å². The standard InChI is InChI=1S/C17H24N4O2/c1-11-7-13-14(8-12(11)2)20-15(19-13)9-18-16(23)21-17(10-22)5-3-4-6-17/h7-8,22H,3-6,9-10H2,1-2H3,(H,19,20)(H2,18,21,23). The maximum atomic E-state index is 12.1. The zero-order chi connectivity index (χ0) is 16.4. The van der Waals surface area contributed by atoms with Crippen molar-refractivity contribution in [3.05, 3.63) is 29.1 Å². The Morgan fingerprint density at radius 1 is 1.30 bits per heavy atom. The number of rotatable bonds is 4. The van der Waals surface area contributed by atoms with Gasteiger partial charge in [-0.05, 0) is 49.9 Å². The third-order valence-electron chi connectivity index (χ3n) is 4.80. The van der Waals surface area contributed by atoms with E-state index < -0.39 is 5.54 Å². The lowest BCUT2D eigenvalue weighted by Gasteiger charge is -2.27. The summed E-state index contributed by atoms with van der Waals surface area (Å²) < 4.78 is 0. The fourth-order valence-electron chi connectivity index (χ4n) is 3.23. The monoisotopic (exact) mass is 316 g/mol. The number of nitrogens with one attached hydrogen (secondary N) is 3. The molecule has 3 rings (SSSR count). The van der Waals surface area contributed by atoms with Gasteiger partial charge in [-0.2, -0.15) is 0 Å². The first-order valence-corrected chi connectivity index (χ1v) is 8.14. The van der Waals surface area contributed by atoms with Gasteiger partial charge in [0.2, 0.25) is 0 Å². The number of H-pyrrole nitrogens is 1. The fourth-order valence-corrected chi connectivity index (χ4v) is 3.23. The van der Waals surface area contributed by atoms with Crippen LogP contribution in [0.15, 0.2) is 12.1 Å². The number of carbonyl (C=O) groups excluding carboxylic acids is 1. The minimum absolute atomic E-state index is 0.0103. The molecule has 0 atom stereocenters. The summed E-state index contributed by atoms with van der Waals surface area (Å²) in [7, 11) is 0. The second kappa shape index (κ2) is 6.20. The number of imidazole rings is 1. The molecule has 124 valence electrons. The molecule has 0 aliphatic heterocycles. The lowest BCUT2D eigenvalue weighted by Crippen LogP contribution is -2.52. The molecule has 0 bridgehead atoms. The Bertz CT molecular complexity index is 678. The van der Waals surface area contributed by atoms with Crippen LogP contribution >= 0.6 is 0 Å². The van der Waals surface area contributed by atoms with Crippen molar-refractivity contribution in [3.8, 4) is 0 Å². The van der Waals surface area contributed by atoms with Crippen molar-refractivity contribution in [2.24, 2.45) is 0 Å². The van der Waals surface area contributed by atoms with Crippen LogP contribution in [-0.4, -0.2) is 33.3 Å². The van der Waals surface area contributed by atoms with E-state index in [-0.39, 0.29) is 12.6 Å². The van der Waals surface area contributed by atoms with Gasteiger partial charge in [-0.3, -0.25) is 0 Å². The number of amides is 2. The molecule has 0 radical (unpaired) electrons. The Kier molecular flexibility index (Phi) is 4.26. The summed E-state index contributed by atoms with van der Waals surface area (Å²) >= 11 is 0. The predicted octanol–water partition coefficient (Wildman–Crippen LogP) is 2.28. The molecule has 23 heavy (non-hydrogen) atoms. The minimum atomic E-state index is -0.452. The number of aromatic nitrogens is 2. The van der Waals surface area contributed by atoms with Gasteiger partial charge in [0.25, 0.3) is 0 Å². The van der Waals surface area contributed by atoms with E-state index in [1.807, 2.05) is 6.07 Å². The number of nitrogens with zero attached hydrogens (tertiary/aromatic N) is 1. The van der Waals surface area contributed by atoms with Crippen molar-refractivity contribution in [2.75, 3.05) is 6.61 Å². The van der Waals surface area contributed by atoms with Crippen molar-refractivity contribution < 1.29 is 9.90 Å². The van der Waals surface area contributed by atoms with Gasteiger partial charge in [-0.1, -0.05) is 12.8 Å². The van der Waals surface area contributed by atoms with Gasteiger partial charge in [0, 0.05) is 0 Å². The molecule has 1 fully saturated rings. The first-order valence-electron chi connectivity index (χ1n) is 8.14. The van der Waals surface area contributed by atoms with Gasteiger partial charge in [-0.25, -0.2) is 9.78 Å². The maximum Gasteiger partial charge on any atom is 0.315 e. The number of hydrogen-bond donors (Lipinski definition) is 4. The molecule has 1 heterocycles. The van der Waals surface area contributed by atoms with E-state index in [0.29, 0.717) is 6.54 Å². The second-order valence-electron chi connectivity index (χ2n) is 6.59. The number of carbonyl (C=O) groups is 1. The number of benzene rings is 1. The average Bonchev–Trinajstić information content (AvgIpc) is 3.13. The SMILES string of the molecule is Cc1cc2nc(CNC(=O)NC3(CO)CCCC3)[nH]c2cc1C. The van der Waals surface area contributed by atoms with E-state index in [9.17, 15) is 9.90 Å². The summed E-state index contributed by atoms with van der Waals surface area (Å²) in [5, 5.41) is 15.3. The summed E-state index contributed by atoms with van der Waals surface area (Å²) in [6, 6.07) is 3.86. The summed E-state index contributed by atoms with van der Waals surface area (Å²) in [6.45, 7) is 4.45. The highest BCUT2D eigenvalue weighted by Gasteiger charge is 2.34. The fraction of sp³-hybridized carbons (Fsp3) is 0.529. The molecule has 2 aromatic rings. The van der Waals surface area contributed by atoms with Crippen LogP contribution in [0.4, 0.5) is 4.79 Å². The highest BCUT2D eigenvalue weighted by atomic mass is 16.3. The molecular formula is C17H24N4O2. The number of aromatic amines is 1. The highest BCUT2D eigenvalue weighted by molar-refractivity contribution is 5.77. The highest BCUT2D eigenvalue weighted by Crippen LogP contribution is 2.28. The maximum absolute atomic E-state index is 12.1. The Morgan fingerprint density at radius 2 is 2.00 bits per heavy atom. The molecule has 1 saturated carbocycles. The van der Waals surface area contributed by atoms with Crippen molar-refractivity contribution in [1.29, 1.82) is 0 Å². The normalized spacial score (nSPS) is 16.7. The van der Waals surface area contributed by atoms with Crippen molar-refractivity contribution in [1.82, 2.24) is 20.6 Å². The molecule has 4 N–H and O–H groups in total. The molecular weight excluding hydrogens is 292 g/mol. The molecule has 1 aromatic carbocycles. The zero-order valence-corrected chi connectivity index (χ0v) is 13.7. The molecule has 6 heteroatoms. The van der Waals surface area contributed by atoms with Crippen molar-refractivity contribution in [3.63, 3.8) is 0 Å². The van der Waals surface area contributed by atoms with E-state index in [1.54, 1.807) is 0 Å². The van der Waals surface area contributed by atoms with Crippen molar-refractivity contribution >= 4 is 17.1 Å². The van der Waals surface area contributed by atoms with E-state index in [1.165, 1.54) is 11.1 Å². The Morgan fingerprint density at radius 3 is 2.70 bits per heavy atom. The van der Waals surface area contributed by atoms with Gasteiger partial charge in [0.1, 0.15) is 5.82 Å². The van der Waals surface area contributed by atoms with Crippen LogP contribution in [0.1, 0.15) is 42.6 Å². The third kappa shape index (κ3) is 3.32. The Labute approximate surface area is 135 Å². The van der Waals surface area contributed by atoms with Gasteiger partial charge in [0.05, 0.1) is 29.7 Å². The molecule has 1 aromatic heterocycles. The van der Waals surface area contributed by atoms with Crippen LogP contribution < -0.4 is 10.6 Å². The lowest BCUT2D eigenvalue weighted by atomic mass is 9.99. The number of hydrogen-bond acceptors (Lipinski definition) is 3. The summed E-state index contributed by atoms with van der Waals surface area (Å²) in [5.41, 5.74) is 3.85. The topological polar surface area (TPSA) is 90.0 Å². The minimum Gasteiger partial charge on any atom is -0.394 e. The van der Waals surface area contributed by atoms with E-state index >= 15 is 0 Å². The average molecular weight is 316 g/mol. The molecule has 0 spiro atoms. The van der Waals surface area contributed by atoms with E-state index in [2.05, 4.69) is 40.5 Å². The Balaban J connectivity index is 1.62. The third-order valence-corrected chi connectivity index (χ3v) is 4.80. The van der Waals surface area contributed by atoms with Gasteiger partial charge in [0.15, 0.2) is 0 Å². The van der Waals surface area contributed by atoms with Crippen LogP contribution in [0.2, 0.25) is 0 Å². The second-order valence-corrected chi connectivity index (χ2v) is 6.59. The summed E-state index contributed by atoms with van der Waals surface area (Å²) in [5.74, 6) is 0.727. The molecule has 1 aliphatic carbocycles. The van der Waals surface area contributed by atoms with Gasteiger partial charge < -0.3 is 20.7 Å². The smallest absolute Gasteiger partial charge is 0.315 e. The van der Waals surface area contributed by atoms with E-state index in [0.717, 1.165) is 42.5 Å². The largest absolute Gasteiger partial charge is 0.394 e. The van der Waals surface area contributed by atoms with Gasteiger partial charge in [-0.15, -0.1) is 0 Å². The quantitative estimate of drug-likeness (QED) is 0.697. The van der Waals surface area contributed by atoms with Crippen LogP contribution in [0.5, 0.6) is 0 Å². The number of aliphatic hydroxyl groups is 1. The number of aryl methyl sites for hydroxylation is 2. The van der Waals surface area contributed by atoms with Crippen LogP contribution in [0, 0.1) is 13.8 Å². The first kappa shape index (κ1) is 15.8. The molecule has 0 unspecified atom stereocenters. The first-order chi connectivity index (χ1) is 11.0. The summed E-state index contributed by atoms with van der Waals surface area (Å²) in [6.07, 6.45) is 3.76. The van der Waals surface area contributed by atoms with Gasteiger partial charge >= 0.3 is 6.03 Å². The Hall–Kier alpha value is -2.08. The molecule has 1 aliphatic rings. The number of aliphatic hydroxyl groups excluding tert-OH is 1. The van der Waals surface area contributed by atoms with Crippen molar-refractivity contribution in [2.45, 2.75) is 51.6 Å². The van der Waals surface area contributed by atoms with E-state index in [4.69, 9.17) is 0 Å². The van der Waals surface area contributed by atoms with Crippen LogP contribution in [0.25, 0.3) is 11.0 Å². The zero-order valence-electron chi connectivity index (χ0n) is 13.7. The molecule has 2 amide bonds.